The van der Waals surface area contributed by atoms with Gasteiger partial charge in [0.15, 0.2) is 0 Å². The molecule has 2 fully saturated rings. The minimum Gasteiger partial charge on any atom is -0.355 e. The number of nitrogens with one attached hydrogen (secondary N) is 1. The van der Waals surface area contributed by atoms with E-state index in [0.717, 1.165) is 18.9 Å². The van der Waals surface area contributed by atoms with Crippen molar-refractivity contribution in [2.24, 2.45) is 5.92 Å². The number of hydrogen-bond donors (Lipinski definition) is 1. The van der Waals surface area contributed by atoms with Crippen LogP contribution in [-0.4, -0.2) is 66.0 Å². The summed E-state index contributed by atoms with van der Waals surface area (Å²) in [6.07, 6.45) is 3.57. The van der Waals surface area contributed by atoms with Crippen LogP contribution >= 0.6 is 11.8 Å². The summed E-state index contributed by atoms with van der Waals surface area (Å²) in [4.78, 5) is 27.2. The molecule has 0 aromatic carbocycles. The lowest BCUT2D eigenvalue weighted by Crippen LogP contribution is -2.39. The highest BCUT2D eigenvalue weighted by Gasteiger charge is 2.22. The van der Waals surface area contributed by atoms with E-state index in [4.69, 9.17) is 0 Å². The van der Waals surface area contributed by atoms with Gasteiger partial charge in [0.1, 0.15) is 6.54 Å². The summed E-state index contributed by atoms with van der Waals surface area (Å²) in [5, 5.41) is 2.91. The van der Waals surface area contributed by atoms with E-state index in [9.17, 15) is 9.59 Å². The van der Waals surface area contributed by atoms with Crippen LogP contribution in [0.25, 0.3) is 0 Å². The number of amides is 2. The minimum absolute atomic E-state index is 0.0342. The quantitative estimate of drug-likeness (QED) is 0.736. The van der Waals surface area contributed by atoms with Crippen molar-refractivity contribution in [2.45, 2.75) is 26.2 Å². The molecule has 1 N–H and O–H groups in total. The van der Waals surface area contributed by atoms with Gasteiger partial charge in [-0.05, 0) is 44.8 Å². The number of thioether (sulfide) groups is 1. The molecule has 2 rings (SSSR count). The molecule has 0 bridgehead atoms. The topological polar surface area (TPSA) is 52.7 Å². The van der Waals surface area contributed by atoms with Crippen LogP contribution in [0.2, 0.25) is 0 Å². The third-order valence-corrected chi connectivity index (χ3v) is 4.95. The van der Waals surface area contributed by atoms with Crippen molar-refractivity contribution in [3.05, 3.63) is 0 Å². The average molecular weight is 299 g/mol. The Kier molecular flexibility index (Phi) is 6.16. The summed E-state index contributed by atoms with van der Waals surface area (Å²) in [6.45, 7) is 6.68. The first kappa shape index (κ1) is 15.6. The standard InChI is InChI=1S/C14H25N3O2S/c1-12-3-7-16(8-4-12)6-2-5-15-13(18)9-17-11-20-10-14(17)19/h12H,2-11H2,1H3,(H,15,18). The molecule has 0 aromatic rings. The molecule has 0 aromatic heterocycles. The van der Waals surface area contributed by atoms with E-state index in [1.807, 2.05) is 0 Å². The third kappa shape index (κ3) is 4.98. The van der Waals surface area contributed by atoms with E-state index in [1.165, 1.54) is 25.9 Å². The molecule has 0 atom stereocenters. The van der Waals surface area contributed by atoms with E-state index in [1.54, 1.807) is 16.7 Å². The fourth-order valence-electron chi connectivity index (χ4n) is 2.59. The Bertz CT molecular complexity index is 343. The van der Waals surface area contributed by atoms with Crippen LogP contribution < -0.4 is 5.32 Å². The number of carbonyl (C=O) groups excluding carboxylic acids is 2. The van der Waals surface area contributed by atoms with Crippen LogP contribution in [0.3, 0.4) is 0 Å². The van der Waals surface area contributed by atoms with Crippen molar-refractivity contribution in [3.63, 3.8) is 0 Å². The Labute approximate surface area is 125 Å². The lowest BCUT2D eigenvalue weighted by Gasteiger charge is -2.30. The zero-order chi connectivity index (χ0) is 14.4. The molecule has 2 heterocycles. The molecular weight excluding hydrogens is 274 g/mol. The van der Waals surface area contributed by atoms with E-state index in [0.29, 0.717) is 18.2 Å². The zero-order valence-corrected chi connectivity index (χ0v) is 13.1. The highest BCUT2D eigenvalue weighted by molar-refractivity contribution is 8.00. The monoisotopic (exact) mass is 299 g/mol. The number of rotatable bonds is 6. The van der Waals surface area contributed by atoms with Crippen molar-refractivity contribution >= 4 is 23.6 Å². The lowest BCUT2D eigenvalue weighted by molar-refractivity contribution is -0.132. The second-order valence-corrected chi connectivity index (χ2v) is 6.75. The van der Waals surface area contributed by atoms with Gasteiger partial charge in [0.25, 0.3) is 0 Å². The van der Waals surface area contributed by atoms with E-state index < -0.39 is 0 Å². The maximum Gasteiger partial charge on any atom is 0.239 e. The molecule has 114 valence electrons. The number of hydrogen-bond acceptors (Lipinski definition) is 4. The molecule has 0 aliphatic carbocycles. The van der Waals surface area contributed by atoms with Crippen molar-refractivity contribution < 1.29 is 9.59 Å². The Morgan fingerprint density at radius 2 is 2.15 bits per heavy atom. The third-order valence-electron chi connectivity index (χ3n) is 4.01. The van der Waals surface area contributed by atoms with Crippen LogP contribution in [-0.2, 0) is 9.59 Å². The van der Waals surface area contributed by atoms with Crippen molar-refractivity contribution in [1.29, 1.82) is 0 Å². The van der Waals surface area contributed by atoms with Gasteiger partial charge in [-0.15, -0.1) is 11.8 Å². The molecule has 2 aliphatic rings. The smallest absolute Gasteiger partial charge is 0.239 e. The predicted molar refractivity (Wildman–Crippen MR) is 81.5 cm³/mol. The summed E-state index contributed by atoms with van der Waals surface area (Å²) >= 11 is 1.57. The van der Waals surface area contributed by atoms with Crippen molar-refractivity contribution in [3.8, 4) is 0 Å². The van der Waals surface area contributed by atoms with Crippen LogP contribution in [0, 0.1) is 5.92 Å². The minimum atomic E-state index is -0.0342. The number of carbonyl (C=O) groups is 2. The Balaban J connectivity index is 1.52. The SMILES string of the molecule is CC1CCN(CCCNC(=O)CN2CSCC2=O)CC1. The molecular formula is C14H25N3O2S. The number of likely N-dealkylation sites (tertiary alicyclic amines) is 1. The lowest BCUT2D eigenvalue weighted by atomic mass is 9.99. The second kappa shape index (κ2) is 7.88. The van der Waals surface area contributed by atoms with Gasteiger partial charge in [0.05, 0.1) is 11.6 Å². The molecule has 2 saturated heterocycles. The molecule has 5 nitrogen and oxygen atoms in total. The van der Waals surface area contributed by atoms with Gasteiger partial charge in [-0.2, -0.15) is 0 Å². The molecule has 20 heavy (non-hydrogen) atoms. The fraction of sp³-hybridized carbons (Fsp3) is 0.857. The van der Waals surface area contributed by atoms with E-state index in [-0.39, 0.29) is 18.4 Å². The van der Waals surface area contributed by atoms with Crippen LogP contribution in [0.5, 0.6) is 0 Å². The summed E-state index contributed by atoms with van der Waals surface area (Å²) in [5.41, 5.74) is 0. The largest absolute Gasteiger partial charge is 0.355 e. The van der Waals surface area contributed by atoms with Gasteiger partial charge in [-0.25, -0.2) is 0 Å². The summed E-state index contributed by atoms with van der Waals surface area (Å²) in [5.74, 6) is 2.07. The first-order chi connectivity index (χ1) is 9.65. The Morgan fingerprint density at radius 3 is 2.80 bits per heavy atom. The van der Waals surface area contributed by atoms with Crippen molar-refractivity contribution in [1.82, 2.24) is 15.1 Å². The van der Waals surface area contributed by atoms with Gasteiger partial charge in [0, 0.05) is 6.54 Å². The normalized spacial score (nSPS) is 21.4. The van der Waals surface area contributed by atoms with Gasteiger partial charge < -0.3 is 15.1 Å². The van der Waals surface area contributed by atoms with E-state index in [2.05, 4.69) is 17.1 Å². The van der Waals surface area contributed by atoms with Crippen LogP contribution in [0.4, 0.5) is 0 Å². The maximum atomic E-state index is 11.7. The molecule has 0 spiro atoms. The van der Waals surface area contributed by atoms with E-state index >= 15 is 0 Å². The number of piperidine rings is 1. The summed E-state index contributed by atoms with van der Waals surface area (Å²) < 4.78 is 0. The molecule has 2 aliphatic heterocycles. The first-order valence-corrected chi connectivity index (χ1v) is 8.65. The van der Waals surface area contributed by atoms with Gasteiger partial charge in [-0.1, -0.05) is 6.92 Å². The highest BCUT2D eigenvalue weighted by Crippen LogP contribution is 2.16. The van der Waals surface area contributed by atoms with Crippen molar-refractivity contribution in [2.75, 3.05) is 44.4 Å². The van der Waals surface area contributed by atoms with Gasteiger partial charge in [-0.3, -0.25) is 9.59 Å². The second-order valence-electron chi connectivity index (χ2n) is 5.80. The molecule has 0 saturated carbocycles. The average Bonchev–Trinajstić information content (AvgIpc) is 2.82. The van der Waals surface area contributed by atoms with Crippen LogP contribution in [0.15, 0.2) is 0 Å². The maximum absolute atomic E-state index is 11.7. The van der Waals surface area contributed by atoms with Gasteiger partial charge >= 0.3 is 0 Å². The van der Waals surface area contributed by atoms with Gasteiger partial charge in [0.2, 0.25) is 11.8 Å². The molecule has 0 radical (unpaired) electrons. The molecule has 6 heteroatoms. The molecule has 2 amide bonds. The van der Waals surface area contributed by atoms with Crippen LogP contribution in [0.1, 0.15) is 26.2 Å². The first-order valence-electron chi connectivity index (χ1n) is 7.49. The zero-order valence-electron chi connectivity index (χ0n) is 12.3. The number of nitrogens with zero attached hydrogens (tertiary/aromatic N) is 2. The fourth-order valence-corrected chi connectivity index (χ4v) is 3.49. The summed E-state index contributed by atoms with van der Waals surface area (Å²) in [6, 6.07) is 0. The summed E-state index contributed by atoms with van der Waals surface area (Å²) in [7, 11) is 0. The highest BCUT2D eigenvalue weighted by atomic mass is 32.2. The predicted octanol–water partition coefficient (Wildman–Crippen LogP) is 0.758. The Morgan fingerprint density at radius 1 is 1.40 bits per heavy atom. The molecule has 0 unspecified atom stereocenters. The Hall–Kier alpha value is -0.750.